The van der Waals surface area contributed by atoms with E-state index in [0.29, 0.717) is 11.3 Å². The van der Waals surface area contributed by atoms with Gasteiger partial charge in [-0.15, -0.1) is 11.3 Å². The van der Waals surface area contributed by atoms with E-state index >= 15 is 0 Å². The first-order chi connectivity index (χ1) is 13.0. The zero-order valence-corrected chi connectivity index (χ0v) is 15.4. The van der Waals surface area contributed by atoms with Gasteiger partial charge in [0.15, 0.2) is 6.61 Å². The molecule has 138 valence electrons. The summed E-state index contributed by atoms with van der Waals surface area (Å²) in [5.74, 6) is -1.36. The van der Waals surface area contributed by atoms with E-state index in [1.54, 1.807) is 17.4 Å². The lowest BCUT2D eigenvalue weighted by Crippen LogP contribution is -2.21. The molecule has 1 aromatic heterocycles. The summed E-state index contributed by atoms with van der Waals surface area (Å²) in [5.41, 5.74) is 2.95. The van der Waals surface area contributed by atoms with E-state index in [1.807, 2.05) is 30.5 Å². The Kier molecular flexibility index (Phi) is 5.93. The van der Waals surface area contributed by atoms with Crippen molar-refractivity contribution in [2.75, 3.05) is 11.9 Å². The first kappa shape index (κ1) is 18.7. The van der Waals surface area contributed by atoms with Crippen LogP contribution in [0.4, 0.5) is 10.1 Å². The molecule has 27 heavy (non-hydrogen) atoms. The van der Waals surface area contributed by atoms with E-state index in [0.717, 1.165) is 16.3 Å². The largest absolute Gasteiger partial charge is 0.455 e. The molecule has 0 spiro atoms. The summed E-state index contributed by atoms with van der Waals surface area (Å²) in [6, 6.07) is 12.8. The lowest BCUT2D eigenvalue weighted by Gasteiger charge is -2.08. The van der Waals surface area contributed by atoms with E-state index < -0.39 is 11.9 Å². The van der Waals surface area contributed by atoms with E-state index in [9.17, 15) is 14.0 Å². The molecule has 1 amide bonds. The molecule has 0 saturated carbocycles. The number of rotatable bonds is 6. The van der Waals surface area contributed by atoms with Crippen LogP contribution in [0.1, 0.15) is 10.6 Å². The molecule has 0 unspecified atom stereocenters. The van der Waals surface area contributed by atoms with E-state index in [-0.39, 0.29) is 18.8 Å². The lowest BCUT2D eigenvalue weighted by molar-refractivity contribution is -0.146. The Bertz CT molecular complexity index is 954. The van der Waals surface area contributed by atoms with Crippen molar-refractivity contribution >= 4 is 28.9 Å². The molecule has 5 nitrogen and oxygen atoms in total. The third kappa shape index (κ3) is 5.46. The molecule has 1 N–H and O–H groups in total. The van der Waals surface area contributed by atoms with Crippen molar-refractivity contribution in [3.63, 3.8) is 0 Å². The number of anilines is 1. The van der Waals surface area contributed by atoms with Crippen molar-refractivity contribution in [1.29, 1.82) is 0 Å². The van der Waals surface area contributed by atoms with Gasteiger partial charge in [-0.25, -0.2) is 9.37 Å². The highest BCUT2D eigenvalue weighted by molar-refractivity contribution is 7.09. The Labute approximate surface area is 159 Å². The maximum Gasteiger partial charge on any atom is 0.310 e. The molecule has 0 aliphatic heterocycles. The first-order valence-corrected chi connectivity index (χ1v) is 9.10. The summed E-state index contributed by atoms with van der Waals surface area (Å²) >= 11 is 1.55. The van der Waals surface area contributed by atoms with Crippen molar-refractivity contribution in [2.45, 2.75) is 13.3 Å². The first-order valence-electron chi connectivity index (χ1n) is 8.22. The van der Waals surface area contributed by atoms with Crippen molar-refractivity contribution in [1.82, 2.24) is 4.98 Å². The molecule has 0 radical (unpaired) electrons. The Hall–Kier alpha value is -3.06. The molecule has 3 aromatic rings. The molecule has 3 rings (SSSR count). The number of aromatic nitrogens is 1. The molecular formula is C20H17FN2O3S. The molecule has 2 aromatic carbocycles. The van der Waals surface area contributed by atoms with Crippen LogP contribution in [0.2, 0.25) is 0 Å². The zero-order chi connectivity index (χ0) is 19.2. The second kappa shape index (κ2) is 8.55. The molecule has 0 aliphatic rings. The average molecular weight is 384 g/mol. The highest BCUT2D eigenvalue weighted by Crippen LogP contribution is 2.24. The van der Waals surface area contributed by atoms with Gasteiger partial charge in [0.25, 0.3) is 5.91 Å². The molecular weight excluding hydrogens is 367 g/mol. The van der Waals surface area contributed by atoms with Crippen LogP contribution in [0.5, 0.6) is 0 Å². The van der Waals surface area contributed by atoms with Gasteiger partial charge < -0.3 is 10.1 Å². The number of amides is 1. The van der Waals surface area contributed by atoms with E-state index in [1.165, 1.54) is 24.3 Å². The van der Waals surface area contributed by atoms with Gasteiger partial charge in [0.2, 0.25) is 0 Å². The van der Waals surface area contributed by atoms with Gasteiger partial charge in [0.05, 0.1) is 17.1 Å². The van der Waals surface area contributed by atoms with Gasteiger partial charge in [0.1, 0.15) is 5.82 Å². The highest BCUT2D eigenvalue weighted by atomic mass is 32.1. The van der Waals surface area contributed by atoms with Crippen LogP contribution in [0.3, 0.4) is 0 Å². The quantitative estimate of drug-likeness (QED) is 0.653. The van der Waals surface area contributed by atoms with Crippen LogP contribution in [-0.4, -0.2) is 23.5 Å². The Morgan fingerprint density at radius 2 is 1.96 bits per heavy atom. The Balaban J connectivity index is 1.52. The van der Waals surface area contributed by atoms with Crippen LogP contribution < -0.4 is 5.32 Å². The molecule has 7 heteroatoms. The zero-order valence-electron chi connectivity index (χ0n) is 14.6. The molecule has 0 aliphatic carbocycles. The fourth-order valence-corrected chi connectivity index (χ4v) is 3.04. The minimum Gasteiger partial charge on any atom is -0.455 e. The average Bonchev–Trinajstić information content (AvgIpc) is 3.09. The number of halogens is 1. The normalized spacial score (nSPS) is 10.4. The number of carbonyl (C=O) groups is 2. The summed E-state index contributed by atoms with van der Waals surface area (Å²) in [6.45, 7) is 1.54. The SMILES string of the molecule is Cc1nc(-c2cccc(NC(=O)COC(=O)Cc3ccc(F)cc3)c2)cs1. The molecule has 0 bridgehead atoms. The van der Waals surface area contributed by atoms with Crippen LogP contribution in [-0.2, 0) is 20.7 Å². The predicted molar refractivity (Wildman–Crippen MR) is 102 cm³/mol. The highest BCUT2D eigenvalue weighted by Gasteiger charge is 2.10. The van der Waals surface area contributed by atoms with Gasteiger partial charge in [-0.05, 0) is 36.8 Å². The summed E-state index contributed by atoms with van der Waals surface area (Å²) < 4.78 is 17.8. The van der Waals surface area contributed by atoms with Crippen LogP contribution in [0.15, 0.2) is 53.9 Å². The summed E-state index contributed by atoms with van der Waals surface area (Å²) in [7, 11) is 0. The minimum atomic E-state index is -0.552. The number of thiazole rings is 1. The van der Waals surface area contributed by atoms with Crippen molar-refractivity contribution in [3.8, 4) is 11.3 Å². The number of aryl methyl sites for hydroxylation is 1. The van der Waals surface area contributed by atoms with E-state index in [4.69, 9.17) is 4.74 Å². The van der Waals surface area contributed by atoms with Crippen LogP contribution in [0.25, 0.3) is 11.3 Å². The van der Waals surface area contributed by atoms with Gasteiger partial charge in [0, 0.05) is 16.6 Å². The summed E-state index contributed by atoms with van der Waals surface area (Å²) in [5, 5.41) is 5.61. The number of nitrogens with one attached hydrogen (secondary N) is 1. The minimum absolute atomic E-state index is 0.0216. The maximum atomic E-state index is 12.9. The molecule has 0 saturated heterocycles. The number of esters is 1. The number of ether oxygens (including phenoxy) is 1. The second-order valence-electron chi connectivity index (χ2n) is 5.84. The fraction of sp³-hybridized carbons (Fsp3) is 0.150. The van der Waals surface area contributed by atoms with Gasteiger partial charge in [-0.2, -0.15) is 0 Å². The Morgan fingerprint density at radius 3 is 2.67 bits per heavy atom. The molecule has 1 heterocycles. The predicted octanol–water partition coefficient (Wildman–Crippen LogP) is 3.98. The topological polar surface area (TPSA) is 68.3 Å². The molecule has 0 atom stereocenters. The Morgan fingerprint density at radius 1 is 1.19 bits per heavy atom. The van der Waals surface area contributed by atoms with Gasteiger partial charge in [-0.3, -0.25) is 9.59 Å². The lowest BCUT2D eigenvalue weighted by atomic mass is 10.1. The van der Waals surface area contributed by atoms with Crippen molar-refractivity contribution in [3.05, 3.63) is 70.3 Å². The van der Waals surface area contributed by atoms with Crippen molar-refractivity contribution < 1.29 is 18.7 Å². The third-order valence-electron chi connectivity index (χ3n) is 3.69. The van der Waals surface area contributed by atoms with Crippen molar-refractivity contribution in [2.24, 2.45) is 0 Å². The second-order valence-corrected chi connectivity index (χ2v) is 6.91. The number of nitrogens with zero attached hydrogens (tertiary/aromatic N) is 1. The number of hydrogen-bond donors (Lipinski definition) is 1. The number of benzene rings is 2. The smallest absolute Gasteiger partial charge is 0.310 e. The van der Waals surface area contributed by atoms with Gasteiger partial charge >= 0.3 is 5.97 Å². The third-order valence-corrected chi connectivity index (χ3v) is 4.46. The van der Waals surface area contributed by atoms with E-state index in [2.05, 4.69) is 10.3 Å². The summed E-state index contributed by atoms with van der Waals surface area (Å²) in [6.07, 6.45) is -0.0216. The standard InChI is InChI=1S/C20H17FN2O3S/c1-13-22-18(12-27-13)15-3-2-4-17(10-15)23-19(24)11-26-20(25)9-14-5-7-16(21)8-6-14/h2-8,10,12H,9,11H2,1H3,(H,23,24). The van der Waals surface area contributed by atoms with Crippen LogP contribution in [0, 0.1) is 12.7 Å². The van der Waals surface area contributed by atoms with Crippen LogP contribution >= 0.6 is 11.3 Å². The number of hydrogen-bond acceptors (Lipinski definition) is 5. The maximum absolute atomic E-state index is 12.9. The van der Waals surface area contributed by atoms with Gasteiger partial charge in [-0.1, -0.05) is 24.3 Å². The monoisotopic (exact) mass is 384 g/mol. The summed E-state index contributed by atoms with van der Waals surface area (Å²) in [4.78, 5) is 28.2. The fourth-order valence-electron chi connectivity index (χ4n) is 2.42. The number of carbonyl (C=O) groups excluding carboxylic acids is 2. The molecule has 0 fully saturated rings.